The van der Waals surface area contributed by atoms with Crippen LogP contribution in [0, 0.1) is 5.41 Å². The number of nitrogens with zero attached hydrogens (tertiary/aromatic N) is 10. The van der Waals surface area contributed by atoms with Crippen LogP contribution in [-0.4, -0.2) is 85.7 Å². The van der Waals surface area contributed by atoms with Crippen LogP contribution in [0.5, 0.6) is 0 Å². The number of carbonyl (C=O) groups excluding carboxylic acids is 2. The molecular weight excluding hydrogens is 1130 g/mol. The van der Waals surface area contributed by atoms with Gasteiger partial charge < -0.3 is 15.8 Å². The van der Waals surface area contributed by atoms with Crippen molar-refractivity contribution in [1.82, 2.24) is 54.7 Å². The zero-order chi connectivity index (χ0) is 53.2. The summed E-state index contributed by atoms with van der Waals surface area (Å²) >= 11 is 13.3. The van der Waals surface area contributed by atoms with Crippen LogP contribution in [0.25, 0.3) is 38.4 Å². The van der Waals surface area contributed by atoms with Gasteiger partial charge in [0.2, 0.25) is 0 Å². The van der Waals surface area contributed by atoms with E-state index < -0.39 is 59.6 Å². The number of nitrogens with two attached hydrogens (primary N) is 1. The number of hydrogen-bond donors (Lipinski definition) is 3. The van der Waals surface area contributed by atoms with Crippen LogP contribution < -0.4 is 11.1 Å². The van der Waals surface area contributed by atoms with Gasteiger partial charge in [-0.05, 0) is 122 Å². The van der Waals surface area contributed by atoms with Gasteiger partial charge in [-0.2, -0.15) is 33.6 Å². The summed E-state index contributed by atoms with van der Waals surface area (Å²) in [6, 6.07) is 21.7. The van der Waals surface area contributed by atoms with Crippen molar-refractivity contribution < 1.29 is 36.3 Å². The van der Waals surface area contributed by atoms with E-state index in [-0.39, 0.29) is 41.5 Å². The topological polar surface area (TPSA) is 192 Å². The molecule has 0 bridgehead atoms. The molecule has 3 saturated carbocycles. The third-order valence-corrected chi connectivity index (χ3v) is 14.7. The van der Waals surface area contributed by atoms with E-state index >= 15 is 0 Å². The fourth-order valence-corrected chi connectivity index (χ4v) is 10.3. The minimum absolute atomic E-state index is 0.00840. The molecule has 75 heavy (non-hydrogen) atoms. The standard InChI is InChI=1S/C34H35ClF5N9O3.C10H9BrN2.C7H5BrN2/c1-31(2,3)16-33(20-5-9-23-19(12-20)14-43-48(23)21-6-7-21)28(50)47(29(41)45-33)25(15-52-30(51)46-32(10-11-32)34(38,39)40)18-4-8-22(35)24(13-18)49-27(26(36)37)42-17-44-49;11-8-1-4-10-7(5-8)6-12-13(10)9-2-3-9;8-6-1-2-7-5(3-6)4-9-10-7/h4-5,8-9,12-14,17,21,25-26H,6-7,10-11,15-16H2,1-3H3,(H2,41,45)(H,46,51);1,4-6,9H,2-3H2;1-4H,(H,9,10)/t25-,33-;;/m1../s1. The molecule has 8 aromatic rings. The van der Waals surface area contributed by atoms with Gasteiger partial charge in [-0.3, -0.25) is 24.2 Å². The Labute approximate surface area is 447 Å². The molecule has 16 nitrogen and oxygen atoms in total. The first kappa shape index (κ1) is 52.0. The summed E-state index contributed by atoms with van der Waals surface area (Å²) in [5, 5.41) is 24.6. The fraction of sp³-hybridized carbons (Fsp3) is 0.373. The Morgan fingerprint density at radius 3 is 2.11 bits per heavy atom. The van der Waals surface area contributed by atoms with Crippen molar-refractivity contribution in [2.45, 2.75) is 108 Å². The summed E-state index contributed by atoms with van der Waals surface area (Å²) < 4.78 is 81.1. The highest BCUT2D eigenvalue weighted by atomic mass is 79.9. The molecular formula is C51H49Br2ClF5N13O3. The predicted molar refractivity (Wildman–Crippen MR) is 278 cm³/mol. The summed E-state index contributed by atoms with van der Waals surface area (Å²) in [4.78, 5) is 37.4. The Kier molecular flexibility index (Phi) is 13.8. The summed E-state index contributed by atoms with van der Waals surface area (Å²) in [6.07, 6.45) is 1.45. The number of H-pyrrole nitrogens is 1. The van der Waals surface area contributed by atoms with Crippen LogP contribution in [0.1, 0.15) is 107 Å². The van der Waals surface area contributed by atoms with Crippen molar-refractivity contribution in [2.24, 2.45) is 16.1 Å². The SMILES string of the molecule is Brc1ccc2[nH]ncc2c1.Brc1ccc2c(cnn2C2CC2)c1.CC(C)(C)C[C@]1(c2ccc3c(cnn3C3CC3)c2)N=C(N)N([C@H](COC(=O)NC2(C(F)(F)F)CC2)c2ccc(Cl)c(-n3ncnc3C(F)F)c2)C1=O. The van der Waals surface area contributed by atoms with Gasteiger partial charge in [0.05, 0.1) is 64.0 Å². The number of hydrogen-bond acceptors (Lipinski definition) is 10. The number of amides is 2. The molecule has 1 aliphatic heterocycles. The molecule has 24 heteroatoms. The maximum Gasteiger partial charge on any atom is 0.411 e. The molecule has 0 saturated heterocycles. The molecule has 4 aromatic carbocycles. The Morgan fingerprint density at radius 2 is 1.49 bits per heavy atom. The summed E-state index contributed by atoms with van der Waals surface area (Å²) in [7, 11) is 0. The molecule has 4 aliphatic rings. The second-order valence-corrected chi connectivity index (χ2v) is 22.6. The van der Waals surface area contributed by atoms with Crippen molar-refractivity contribution in [3.8, 4) is 5.69 Å². The number of nitrogens with one attached hydrogen (secondary N) is 2. The molecule has 3 aliphatic carbocycles. The van der Waals surface area contributed by atoms with E-state index in [0.717, 1.165) is 59.5 Å². The number of alkyl carbamates (subject to hydrolysis) is 1. The van der Waals surface area contributed by atoms with Crippen LogP contribution >= 0.6 is 43.5 Å². The molecule has 3 fully saturated rings. The highest BCUT2D eigenvalue weighted by Gasteiger charge is 2.65. The van der Waals surface area contributed by atoms with Gasteiger partial charge in [-0.15, -0.1) is 0 Å². The zero-order valence-corrected chi connectivity index (χ0v) is 44.4. The number of alkyl halides is 5. The number of halogens is 8. The second-order valence-electron chi connectivity index (χ2n) is 20.3. The normalized spacial score (nSPS) is 18.7. The lowest BCUT2D eigenvalue weighted by molar-refractivity contribution is -0.164. The number of aliphatic imine (C=N–C) groups is 1. The average Bonchev–Trinajstić information content (AvgIpc) is 4.33. The third kappa shape index (κ3) is 10.7. The first-order valence-electron chi connectivity index (χ1n) is 24.0. The average molecular weight is 1180 g/mol. The number of benzene rings is 4. The van der Waals surface area contributed by atoms with Gasteiger partial charge in [0.1, 0.15) is 18.5 Å². The molecule has 5 heterocycles. The summed E-state index contributed by atoms with van der Waals surface area (Å²) in [5.41, 5.74) is 6.00. The number of ether oxygens (including phenoxy) is 1. The zero-order valence-electron chi connectivity index (χ0n) is 40.5. The molecule has 4 aromatic heterocycles. The van der Waals surface area contributed by atoms with Crippen molar-refractivity contribution in [3.05, 3.63) is 129 Å². The molecule has 0 spiro atoms. The highest BCUT2D eigenvalue weighted by Crippen LogP contribution is 2.50. The third-order valence-electron chi connectivity index (χ3n) is 13.4. The Balaban J connectivity index is 0.000000224. The molecule has 2 amide bonds. The van der Waals surface area contributed by atoms with Crippen molar-refractivity contribution in [2.75, 3.05) is 6.61 Å². The van der Waals surface area contributed by atoms with E-state index in [1.807, 2.05) is 67.3 Å². The van der Waals surface area contributed by atoms with Crippen LogP contribution in [0.15, 0.2) is 112 Å². The van der Waals surface area contributed by atoms with Crippen LogP contribution in [0.4, 0.5) is 26.7 Å². The lowest BCUT2D eigenvalue weighted by atomic mass is 9.75. The molecule has 2 atom stereocenters. The number of carbonyl (C=O) groups is 2. The number of aromatic amines is 1. The monoisotopic (exact) mass is 1180 g/mol. The van der Waals surface area contributed by atoms with Gasteiger partial charge in [0.15, 0.2) is 17.3 Å². The van der Waals surface area contributed by atoms with Gasteiger partial charge in [-0.1, -0.05) is 76.4 Å². The maximum absolute atomic E-state index is 15.0. The van der Waals surface area contributed by atoms with E-state index in [2.05, 4.69) is 85.2 Å². The number of aromatic nitrogens is 9. The molecule has 4 N–H and O–H groups in total. The largest absolute Gasteiger partial charge is 0.447 e. The van der Waals surface area contributed by atoms with Crippen molar-refractivity contribution in [3.63, 3.8) is 0 Å². The first-order chi connectivity index (χ1) is 35.6. The number of fused-ring (bicyclic) bond motifs is 3. The first-order valence-corrected chi connectivity index (χ1v) is 26.0. The van der Waals surface area contributed by atoms with Crippen LogP contribution in [0.2, 0.25) is 5.02 Å². The molecule has 0 unspecified atom stereocenters. The second kappa shape index (κ2) is 19.9. The van der Waals surface area contributed by atoms with E-state index in [1.54, 1.807) is 18.5 Å². The maximum atomic E-state index is 15.0. The van der Waals surface area contributed by atoms with Crippen LogP contribution in [0.3, 0.4) is 0 Å². The van der Waals surface area contributed by atoms with E-state index in [1.165, 1.54) is 41.9 Å². The van der Waals surface area contributed by atoms with E-state index in [9.17, 15) is 31.5 Å². The lowest BCUT2D eigenvalue weighted by Gasteiger charge is -2.35. The van der Waals surface area contributed by atoms with Gasteiger partial charge in [0.25, 0.3) is 12.3 Å². The van der Waals surface area contributed by atoms with Gasteiger partial charge >= 0.3 is 12.3 Å². The van der Waals surface area contributed by atoms with Gasteiger partial charge in [0, 0.05) is 25.1 Å². The Morgan fingerprint density at radius 1 is 0.867 bits per heavy atom. The Bertz CT molecular complexity index is 3490. The highest BCUT2D eigenvalue weighted by molar-refractivity contribution is 9.10. The van der Waals surface area contributed by atoms with Crippen molar-refractivity contribution >= 4 is 94.1 Å². The minimum atomic E-state index is -4.71. The summed E-state index contributed by atoms with van der Waals surface area (Å²) in [5.74, 6) is -1.56. The minimum Gasteiger partial charge on any atom is -0.447 e. The smallest absolute Gasteiger partial charge is 0.411 e. The van der Waals surface area contributed by atoms with Crippen molar-refractivity contribution in [1.29, 1.82) is 0 Å². The fourth-order valence-electron chi connectivity index (χ4n) is 9.34. The quantitative estimate of drug-likeness (QED) is 0.106. The van der Waals surface area contributed by atoms with Crippen LogP contribution in [-0.2, 0) is 15.1 Å². The number of guanidine groups is 1. The predicted octanol–water partition coefficient (Wildman–Crippen LogP) is 12.4. The summed E-state index contributed by atoms with van der Waals surface area (Å²) in [6.45, 7) is 5.11. The Hall–Kier alpha value is -6.46. The molecule has 392 valence electrons. The molecule has 12 rings (SSSR count). The number of rotatable bonds is 11. The van der Waals surface area contributed by atoms with E-state index in [0.29, 0.717) is 17.6 Å². The van der Waals surface area contributed by atoms with E-state index in [4.69, 9.17) is 27.1 Å². The molecule has 0 radical (unpaired) electrons. The lowest BCUT2D eigenvalue weighted by Crippen LogP contribution is -2.50. The van der Waals surface area contributed by atoms with Gasteiger partial charge in [-0.25, -0.2) is 28.2 Å².